The molecule has 8 heteroatoms. The number of hydrogen-bond acceptors (Lipinski definition) is 4. The molecule has 1 spiro atoms. The van der Waals surface area contributed by atoms with Crippen LogP contribution in [0.1, 0.15) is 45.4 Å². The third kappa shape index (κ3) is 3.99. The van der Waals surface area contributed by atoms with Crippen LogP contribution in [0.4, 0.5) is 0 Å². The Morgan fingerprint density at radius 3 is 2.59 bits per heavy atom. The van der Waals surface area contributed by atoms with Crippen LogP contribution in [0, 0.1) is 5.41 Å². The van der Waals surface area contributed by atoms with E-state index >= 15 is 0 Å². The lowest BCUT2D eigenvalue weighted by molar-refractivity contribution is -0.148. The van der Waals surface area contributed by atoms with Crippen LogP contribution in [0.3, 0.4) is 0 Å². The minimum atomic E-state index is -0.939. The van der Waals surface area contributed by atoms with E-state index in [-0.39, 0.29) is 23.7 Å². The number of aryl methyl sites for hydroxylation is 2. The van der Waals surface area contributed by atoms with Gasteiger partial charge in [0.2, 0.25) is 11.8 Å². The molecule has 1 aromatic rings. The molecule has 148 valence electrons. The lowest BCUT2D eigenvalue weighted by Gasteiger charge is -2.38. The Labute approximate surface area is 159 Å². The molecular weight excluding hydrogens is 348 g/mol. The molecule has 8 nitrogen and oxygen atoms in total. The first-order chi connectivity index (χ1) is 12.8. The highest BCUT2D eigenvalue weighted by atomic mass is 16.4. The standard InChI is InChI=1S/C19H28N4O4/c1-3-16-20-7-11-22(16)8-4-17(25)23-13-19(12-15(23)18(26)27)5-9-21(10-6-19)14(2)24/h7,11,15H,3-6,8-10,12-13H2,1-2H3,(H,26,27). The zero-order valence-corrected chi connectivity index (χ0v) is 16.1. The molecule has 1 aromatic heterocycles. The number of amides is 2. The second-order valence-electron chi connectivity index (χ2n) is 7.73. The number of aliphatic carboxylic acids is 1. The summed E-state index contributed by atoms with van der Waals surface area (Å²) in [5, 5.41) is 9.65. The summed E-state index contributed by atoms with van der Waals surface area (Å²) in [6.07, 6.45) is 6.61. The van der Waals surface area contributed by atoms with Crippen LogP contribution in [0.5, 0.6) is 0 Å². The van der Waals surface area contributed by atoms with Gasteiger partial charge in [0, 0.05) is 58.3 Å². The second kappa shape index (κ2) is 7.70. The average Bonchev–Trinajstić information content (AvgIpc) is 3.25. The molecule has 0 radical (unpaired) electrons. The van der Waals surface area contributed by atoms with Gasteiger partial charge in [0.05, 0.1) is 0 Å². The van der Waals surface area contributed by atoms with Crippen molar-refractivity contribution < 1.29 is 19.5 Å². The van der Waals surface area contributed by atoms with Crippen LogP contribution in [-0.2, 0) is 27.3 Å². The van der Waals surface area contributed by atoms with E-state index in [9.17, 15) is 19.5 Å². The van der Waals surface area contributed by atoms with E-state index in [0.717, 1.165) is 25.1 Å². The summed E-state index contributed by atoms with van der Waals surface area (Å²) >= 11 is 0. The van der Waals surface area contributed by atoms with Crippen molar-refractivity contribution >= 4 is 17.8 Å². The Kier molecular flexibility index (Phi) is 5.53. The normalized spacial score (nSPS) is 21.6. The molecule has 1 atom stereocenters. The van der Waals surface area contributed by atoms with Gasteiger partial charge in [0.25, 0.3) is 0 Å². The summed E-state index contributed by atoms with van der Waals surface area (Å²) in [5.74, 6) is -0.0835. The number of likely N-dealkylation sites (tertiary alicyclic amines) is 2. The van der Waals surface area contributed by atoms with Crippen LogP contribution < -0.4 is 0 Å². The highest BCUT2D eigenvalue weighted by molar-refractivity contribution is 5.84. The van der Waals surface area contributed by atoms with Gasteiger partial charge in [-0.25, -0.2) is 9.78 Å². The Bertz CT molecular complexity index is 721. The predicted molar refractivity (Wildman–Crippen MR) is 97.9 cm³/mol. The van der Waals surface area contributed by atoms with E-state index in [4.69, 9.17) is 0 Å². The van der Waals surface area contributed by atoms with Crippen LogP contribution in [0.2, 0.25) is 0 Å². The zero-order chi connectivity index (χ0) is 19.6. The SMILES string of the molecule is CCc1nccn1CCC(=O)N1CC2(CCN(C(C)=O)CC2)CC1C(=O)O. The lowest BCUT2D eigenvalue weighted by atomic mass is 9.76. The topological polar surface area (TPSA) is 95.7 Å². The summed E-state index contributed by atoms with van der Waals surface area (Å²) in [6.45, 7) is 5.83. The van der Waals surface area contributed by atoms with E-state index < -0.39 is 12.0 Å². The van der Waals surface area contributed by atoms with Gasteiger partial charge in [0.1, 0.15) is 11.9 Å². The van der Waals surface area contributed by atoms with E-state index in [2.05, 4.69) is 4.98 Å². The molecule has 27 heavy (non-hydrogen) atoms. The highest BCUT2D eigenvalue weighted by Gasteiger charge is 2.49. The number of carbonyl (C=O) groups excluding carboxylic acids is 2. The quantitative estimate of drug-likeness (QED) is 0.832. The number of nitrogens with zero attached hydrogens (tertiary/aromatic N) is 4. The molecule has 3 rings (SSSR count). The first-order valence-corrected chi connectivity index (χ1v) is 9.63. The lowest BCUT2D eigenvalue weighted by Crippen LogP contribution is -2.44. The molecule has 3 heterocycles. The highest BCUT2D eigenvalue weighted by Crippen LogP contribution is 2.43. The maximum atomic E-state index is 12.8. The summed E-state index contributed by atoms with van der Waals surface area (Å²) in [5.41, 5.74) is -0.186. The van der Waals surface area contributed by atoms with Crippen LogP contribution in [-0.4, -0.2) is 67.9 Å². The number of imidazole rings is 1. The number of rotatable bonds is 5. The minimum Gasteiger partial charge on any atom is -0.480 e. The van der Waals surface area contributed by atoms with E-state index in [1.807, 2.05) is 17.7 Å². The summed E-state index contributed by atoms with van der Waals surface area (Å²) in [6, 6.07) is -0.769. The number of hydrogen-bond donors (Lipinski definition) is 1. The number of carboxylic acid groups (broad SMARTS) is 1. The van der Waals surface area contributed by atoms with Crippen LogP contribution in [0.15, 0.2) is 12.4 Å². The number of carboxylic acids is 1. The Morgan fingerprint density at radius 2 is 2.00 bits per heavy atom. The van der Waals surface area contributed by atoms with E-state index in [0.29, 0.717) is 32.6 Å². The summed E-state index contributed by atoms with van der Waals surface area (Å²) < 4.78 is 1.95. The molecule has 2 aliphatic rings. The Morgan fingerprint density at radius 1 is 1.30 bits per heavy atom. The van der Waals surface area contributed by atoms with Gasteiger partial charge in [-0.2, -0.15) is 0 Å². The third-order valence-electron chi connectivity index (χ3n) is 6.07. The smallest absolute Gasteiger partial charge is 0.326 e. The molecule has 1 N–H and O–H groups in total. The van der Waals surface area contributed by atoms with Gasteiger partial charge in [-0.05, 0) is 24.7 Å². The number of carbonyl (C=O) groups is 3. The predicted octanol–water partition coefficient (Wildman–Crippen LogP) is 1.15. The average molecular weight is 376 g/mol. The van der Waals surface area contributed by atoms with Gasteiger partial charge in [-0.1, -0.05) is 6.92 Å². The second-order valence-corrected chi connectivity index (χ2v) is 7.73. The Balaban J connectivity index is 1.65. The third-order valence-corrected chi connectivity index (χ3v) is 6.07. The molecule has 2 saturated heterocycles. The van der Waals surface area contributed by atoms with Crippen molar-refractivity contribution in [2.75, 3.05) is 19.6 Å². The fourth-order valence-electron chi connectivity index (χ4n) is 4.41. The monoisotopic (exact) mass is 376 g/mol. The minimum absolute atomic E-state index is 0.0534. The first kappa shape index (κ1) is 19.4. The molecule has 2 amide bonds. The molecule has 1 unspecified atom stereocenters. The van der Waals surface area contributed by atoms with Crippen molar-refractivity contribution in [1.29, 1.82) is 0 Å². The van der Waals surface area contributed by atoms with Gasteiger partial charge < -0.3 is 19.5 Å². The van der Waals surface area contributed by atoms with Gasteiger partial charge >= 0.3 is 5.97 Å². The fourth-order valence-corrected chi connectivity index (χ4v) is 4.41. The maximum absolute atomic E-state index is 12.8. The van der Waals surface area contributed by atoms with Gasteiger partial charge in [-0.15, -0.1) is 0 Å². The largest absolute Gasteiger partial charge is 0.480 e. The fraction of sp³-hybridized carbons (Fsp3) is 0.684. The molecule has 0 bridgehead atoms. The van der Waals surface area contributed by atoms with Crippen molar-refractivity contribution in [2.24, 2.45) is 5.41 Å². The number of aromatic nitrogens is 2. The summed E-state index contributed by atoms with van der Waals surface area (Å²) in [4.78, 5) is 43.8. The number of piperidine rings is 1. The molecule has 2 aliphatic heterocycles. The Hall–Kier alpha value is -2.38. The van der Waals surface area contributed by atoms with Crippen LogP contribution >= 0.6 is 0 Å². The molecule has 0 aliphatic carbocycles. The van der Waals surface area contributed by atoms with Crippen molar-refractivity contribution in [3.8, 4) is 0 Å². The van der Waals surface area contributed by atoms with Crippen molar-refractivity contribution in [2.45, 2.75) is 58.5 Å². The van der Waals surface area contributed by atoms with Crippen molar-refractivity contribution in [3.63, 3.8) is 0 Å². The van der Waals surface area contributed by atoms with Gasteiger partial charge in [-0.3, -0.25) is 9.59 Å². The van der Waals surface area contributed by atoms with E-state index in [1.165, 1.54) is 0 Å². The molecular formula is C19H28N4O4. The van der Waals surface area contributed by atoms with Crippen LogP contribution in [0.25, 0.3) is 0 Å². The summed E-state index contributed by atoms with van der Waals surface area (Å²) in [7, 11) is 0. The molecule has 2 fully saturated rings. The van der Waals surface area contributed by atoms with E-state index in [1.54, 1.807) is 22.9 Å². The van der Waals surface area contributed by atoms with Crippen molar-refractivity contribution in [3.05, 3.63) is 18.2 Å². The first-order valence-electron chi connectivity index (χ1n) is 9.63. The van der Waals surface area contributed by atoms with Crippen molar-refractivity contribution in [1.82, 2.24) is 19.4 Å². The molecule has 0 saturated carbocycles. The zero-order valence-electron chi connectivity index (χ0n) is 16.1. The maximum Gasteiger partial charge on any atom is 0.326 e. The molecule has 0 aromatic carbocycles. The van der Waals surface area contributed by atoms with Gasteiger partial charge in [0.15, 0.2) is 0 Å².